The highest BCUT2D eigenvalue weighted by molar-refractivity contribution is 7.91. The molecule has 0 spiro atoms. The molecule has 1 amide bonds. The van der Waals surface area contributed by atoms with Gasteiger partial charge in [0.1, 0.15) is 0 Å². The lowest BCUT2D eigenvalue weighted by Crippen LogP contribution is -2.33. The van der Waals surface area contributed by atoms with Crippen LogP contribution in [-0.2, 0) is 21.2 Å². The van der Waals surface area contributed by atoms with Crippen molar-refractivity contribution in [3.05, 3.63) is 42.1 Å². The molecule has 0 atom stereocenters. The van der Waals surface area contributed by atoms with Crippen LogP contribution in [0.4, 0.5) is 0 Å². The zero-order valence-electron chi connectivity index (χ0n) is 14.0. The Balaban J connectivity index is 1.95. The van der Waals surface area contributed by atoms with E-state index in [1.165, 1.54) is 6.20 Å². The van der Waals surface area contributed by atoms with E-state index in [0.717, 1.165) is 10.6 Å². The van der Waals surface area contributed by atoms with Gasteiger partial charge in [-0.05, 0) is 0 Å². The molecule has 0 radical (unpaired) electrons. The number of benzene rings is 1. The van der Waals surface area contributed by atoms with Crippen molar-refractivity contribution in [1.82, 2.24) is 14.8 Å². The van der Waals surface area contributed by atoms with E-state index < -0.39 is 15.7 Å². The van der Waals surface area contributed by atoms with Gasteiger partial charge in [0.2, 0.25) is 0 Å². The van der Waals surface area contributed by atoms with Crippen molar-refractivity contribution < 1.29 is 18.0 Å². The highest BCUT2D eigenvalue weighted by Gasteiger charge is 2.28. The van der Waals surface area contributed by atoms with Crippen LogP contribution >= 0.6 is 0 Å². The van der Waals surface area contributed by atoms with Gasteiger partial charge in [0.25, 0.3) is 5.91 Å². The number of nitriles is 1. The van der Waals surface area contributed by atoms with E-state index in [1.807, 2.05) is 30.3 Å². The maximum atomic E-state index is 12.9. The molecular weight excluding hydrogens is 356 g/mol. The Bertz CT molecular complexity index is 931. The van der Waals surface area contributed by atoms with E-state index >= 15 is 0 Å². The third kappa shape index (κ3) is 3.92. The lowest BCUT2D eigenvalue weighted by atomic mass is 10.1. The summed E-state index contributed by atoms with van der Waals surface area (Å²) in [6.45, 7) is 0.263. The number of hydroxylamine groups is 2. The van der Waals surface area contributed by atoms with Crippen LogP contribution in [-0.4, -0.2) is 53.8 Å². The average Bonchev–Trinajstić information content (AvgIpc) is 2.97. The standard InChI is InChI=1S/C17H18N4O4S/c18-7-4-8-20-16(14-5-2-1-3-6-14)15(13-19-20)17(22)21-9-11-26(23,24)12-10-25-21/h1-3,5-6,13H,4,8-12H2. The van der Waals surface area contributed by atoms with E-state index in [2.05, 4.69) is 11.2 Å². The molecule has 0 unspecified atom stereocenters. The number of nitrogens with zero attached hydrogens (tertiary/aromatic N) is 4. The zero-order chi connectivity index (χ0) is 18.6. The van der Waals surface area contributed by atoms with Gasteiger partial charge in [-0.3, -0.25) is 14.3 Å². The first-order valence-electron chi connectivity index (χ1n) is 8.15. The van der Waals surface area contributed by atoms with Crippen LogP contribution in [0.5, 0.6) is 0 Å². The third-order valence-corrected chi connectivity index (χ3v) is 5.62. The van der Waals surface area contributed by atoms with E-state index in [-0.39, 0.29) is 31.1 Å². The largest absolute Gasteiger partial charge is 0.281 e. The molecule has 2 aromatic rings. The van der Waals surface area contributed by atoms with Gasteiger partial charge in [-0.25, -0.2) is 13.5 Å². The maximum Gasteiger partial charge on any atom is 0.281 e. The van der Waals surface area contributed by atoms with Crippen molar-refractivity contribution in [3.63, 3.8) is 0 Å². The smallest absolute Gasteiger partial charge is 0.270 e. The van der Waals surface area contributed by atoms with Crippen LogP contribution in [0.15, 0.2) is 36.5 Å². The van der Waals surface area contributed by atoms with Crippen LogP contribution in [0.1, 0.15) is 16.8 Å². The monoisotopic (exact) mass is 374 g/mol. The minimum Gasteiger partial charge on any atom is -0.270 e. The quantitative estimate of drug-likeness (QED) is 0.798. The van der Waals surface area contributed by atoms with E-state index in [1.54, 1.807) is 4.68 Å². The molecule has 3 rings (SSSR count). The lowest BCUT2D eigenvalue weighted by molar-refractivity contribution is -0.111. The number of aryl methyl sites for hydroxylation is 1. The van der Waals surface area contributed by atoms with Crippen LogP contribution < -0.4 is 0 Å². The number of carbonyl (C=O) groups is 1. The Morgan fingerprint density at radius 2 is 2.04 bits per heavy atom. The topological polar surface area (TPSA) is 105 Å². The summed E-state index contributed by atoms with van der Waals surface area (Å²) in [6, 6.07) is 11.3. The Morgan fingerprint density at radius 3 is 2.77 bits per heavy atom. The number of sulfone groups is 1. The molecule has 1 fully saturated rings. The van der Waals surface area contributed by atoms with Crippen molar-refractivity contribution in [2.45, 2.75) is 13.0 Å². The van der Waals surface area contributed by atoms with Gasteiger partial charge in [-0.2, -0.15) is 10.4 Å². The van der Waals surface area contributed by atoms with Crippen LogP contribution in [0, 0.1) is 11.3 Å². The Hall–Kier alpha value is -2.70. The van der Waals surface area contributed by atoms with Gasteiger partial charge in [0.05, 0.1) is 61.1 Å². The van der Waals surface area contributed by atoms with Crippen LogP contribution in [0.2, 0.25) is 0 Å². The SMILES string of the molecule is N#CCCn1ncc(C(=O)N2CCS(=O)(=O)CCO2)c1-c1ccccc1. The summed E-state index contributed by atoms with van der Waals surface area (Å²) in [6.07, 6.45) is 1.69. The second kappa shape index (κ2) is 7.68. The molecule has 0 bridgehead atoms. The van der Waals surface area contributed by atoms with Crippen molar-refractivity contribution >= 4 is 15.7 Å². The van der Waals surface area contributed by atoms with Crippen molar-refractivity contribution in [3.8, 4) is 17.3 Å². The van der Waals surface area contributed by atoms with Crippen molar-refractivity contribution in [2.75, 3.05) is 24.7 Å². The van der Waals surface area contributed by atoms with E-state index in [0.29, 0.717) is 17.8 Å². The van der Waals surface area contributed by atoms with Crippen LogP contribution in [0.3, 0.4) is 0 Å². The summed E-state index contributed by atoms with van der Waals surface area (Å²) in [5.74, 6) is -0.685. The number of amides is 1. The fourth-order valence-corrected chi connectivity index (χ4v) is 3.70. The van der Waals surface area contributed by atoms with E-state index in [4.69, 9.17) is 10.1 Å². The van der Waals surface area contributed by atoms with Gasteiger partial charge < -0.3 is 0 Å². The molecule has 0 aliphatic carbocycles. The lowest BCUT2D eigenvalue weighted by Gasteiger charge is -2.19. The highest BCUT2D eigenvalue weighted by Crippen LogP contribution is 2.25. The summed E-state index contributed by atoms with van der Waals surface area (Å²) >= 11 is 0. The first-order chi connectivity index (χ1) is 12.5. The molecule has 8 nitrogen and oxygen atoms in total. The Morgan fingerprint density at radius 1 is 1.27 bits per heavy atom. The van der Waals surface area contributed by atoms with Crippen LogP contribution in [0.25, 0.3) is 11.3 Å². The molecule has 26 heavy (non-hydrogen) atoms. The maximum absolute atomic E-state index is 12.9. The van der Waals surface area contributed by atoms with Crippen molar-refractivity contribution in [2.24, 2.45) is 0 Å². The van der Waals surface area contributed by atoms with E-state index in [9.17, 15) is 13.2 Å². The minimum atomic E-state index is -3.21. The molecule has 1 aliphatic heterocycles. The number of hydrogen-bond donors (Lipinski definition) is 0. The average molecular weight is 374 g/mol. The Labute approximate surface area is 151 Å². The highest BCUT2D eigenvalue weighted by atomic mass is 32.2. The summed E-state index contributed by atoms with van der Waals surface area (Å²) in [5.41, 5.74) is 1.68. The summed E-state index contributed by atoms with van der Waals surface area (Å²) < 4.78 is 25.1. The molecule has 136 valence electrons. The van der Waals surface area contributed by atoms with Gasteiger partial charge in [0.15, 0.2) is 9.84 Å². The van der Waals surface area contributed by atoms with Gasteiger partial charge in [-0.1, -0.05) is 30.3 Å². The summed E-state index contributed by atoms with van der Waals surface area (Å²) in [5, 5.41) is 14.2. The number of aromatic nitrogens is 2. The fraction of sp³-hybridized carbons (Fsp3) is 0.353. The molecule has 1 aliphatic rings. The molecule has 1 aromatic heterocycles. The third-order valence-electron chi connectivity index (χ3n) is 4.03. The second-order valence-electron chi connectivity index (χ2n) is 5.80. The molecule has 1 saturated heterocycles. The predicted molar refractivity (Wildman–Crippen MR) is 93.5 cm³/mol. The molecule has 0 saturated carbocycles. The van der Waals surface area contributed by atoms with Gasteiger partial charge in [0, 0.05) is 5.56 Å². The first kappa shape index (κ1) is 18.1. The number of hydrogen-bond acceptors (Lipinski definition) is 6. The summed E-state index contributed by atoms with van der Waals surface area (Å²) in [7, 11) is -3.21. The molecule has 1 aromatic carbocycles. The first-order valence-corrected chi connectivity index (χ1v) is 9.97. The predicted octanol–water partition coefficient (Wildman–Crippen LogP) is 1.27. The normalized spacial score (nSPS) is 16.7. The minimum absolute atomic E-state index is 0.0290. The van der Waals surface area contributed by atoms with Gasteiger partial charge in [-0.15, -0.1) is 0 Å². The number of carbonyl (C=O) groups excluding carboxylic acids is 1. The molecular formula is C17H18N4O4S. The second-order valence-corrected chi connectivity index (χ2v) is 8.10. The molecule has 0 N–H and O–H groups in total. The zero-order valence-corrected chi connectivity index (χ0v) is 14.9. The number of rotatable bonds is 4. The molecule has 2 heterocycles. The van der Waals surface area contributed by atoms with Crippen molar-refractivity contribution in [1.29, 1.82) is 5.26 Å². The fourth-order valence-electron chi connectivity index (χ4n) is 2.73. The van der Waals surface area contributed by atoms with Gasteiger partial charge >= 0.3 is 0 Å². The summed E-state index contributed by atoms with van der Waals surface area (Å²) in [4.78, 5) is 18.3. The Kier molecular flexibility index (Phi) is 5.35. The molecule has 9 heteroatoms.